The van der Waals surface area contributed by atoms with Crippen LogP contribution in [-0.4, -0.2) is 15.6 Å². The highest BCUT2D eigenvalue weighted by atomic mass is 15.1. The largest absolute Gasteiger partial charge is 0.333 e. The van der Waals surface area contributed by atoms with Gasteiger partial charge in [-0.1, -0.05) is 20.8 Å². The molecule has 0 spiro atoms. The number of hydrogen-bond acceptors (Lipinski definition) is 2. The van der Waals surface area contributed by atoms with Crippen molar-refractivity contribution in [2.45, 2.75) is 52.1 Å². The van der Waals surface area contributed by atoms with E-state index in [1.165, 1.54) is 12.8 Å². The molecule has 2 N–H and O–H groups in total. The molecule has 3 atom stereocenters. The molecule has 3 unspecified atom stereocenters. The molecule has 90 valence electrons. The zero-order chi connectivity index (χ0) is 11.8. The molecule has 3 nitrogen and oxygen atoms in total. The number of rotatable bonds is 1. The SMILES string of the molecule is CC(C)(C)C1CCC(N)C(n2ccnc2)C1. The first kappa shape index (κ1) is 11.6. The van der Waals surface area contributed by atoms with Gasteiger partial charge in [0.05, 0.1) is 6.33 Å². The fourth-order valence-electron chi connectivity index (χ4n) is 2.77. The number of aromatic nitrogens is 2. The van der Waals surface area contributed by atoms with E-state index in [9.17, 15) is 0 Å². The molecule has 0 radical (unpaired) electrons. The number of nitrogens with two attached hydrogens (primary N) is 1. The monoisotopic (exact) mass is 221 g/mol. The fourth-order valence-corrected chi connectivity index (χ4v) is 2.77. The Morgan fingerprint density at radius 1 is 1.31 bits per heavy atom. The van der Waals surface area contributed by atoms with Gasteiger partial charge in [-0.15, -0.1) is 0 Å². The summed E-state index contributed by atoms with van der Waals surface area (Å²) < 4.78 is 2.18. The minimum absolute atomic E-state index is 0.285. The summed E-state index contributed by atoms with van der Waals surface area (Å²) in [6.45, 7) is 7.00. The van der Waals surface area contributed by atoms with Crippen molar-refractivity contribution in [1.29, 1.82) is 0 Å². The van der Waals surface area contributed by atoms with Gasteiger partial charge in [0.15, 0.2) is 0 Å². The average molecular weight is 221 g/mol. The van der Waals surface area contributed by atoms with Crippen LogP contribution in [0, 0.1) is 11.3 Å². The lowest BCUT2D eigenvalue weighted by molar-refractivity contribution is 0.130. The Morgan fingerprint density at radius 2 is 2.06 bits per heavy atom. The minimum atomic E-state index is 0.285. The Labute approximate surface area is 98.1 Å². The molecule has 0 bridgehead atoms. The number of hydrogen-bond donors (Lipinski definition) is 1. The summed E-state index contributed by atoms with van der Waals surface area (Å²) in [4.78, 5) is 4.13. The smallest absolute Gasteiger partial charge is 0.0949 e. The first-order valence-electron chi connectivity index (χ1n) is 6.21. The Bertz CT molecular complexity index is 323. The summed E-state index contributed by atoms with van der Waals surface area (Å²) >= 11 is 0. The molecule has 1 aromatic rings. The second kappa shape index (κ2) is 4.21. The van der Waals surface area contributed by atoms with Gasteiger partial charge in [-0.2, -0.15) is 0 Å². The van der Waals surface area contributed by atoms with Crippen LogP contribution < -0.4 is 5.73 Å². The van der Waals surface area contributed by atoms with Crippen molar-refractivity contribution >= 4 is 0 Å². The zero-order valence-electron chi connectivity index (χ0n) is 10.6. The van der Waals surface area contributed by atoms with Crippen molar-refractivity contribution in [3.05, 3.63) is 18.7 Å². The van der Waals surface area contributed by atoms with Crippen molar-refractivity contribution in [3.8, 4) is 0 Å². The molecule has 16 heavy (non-hydrogen) atoms. The van der Waals surface area contributed by atoms with Crippen LogP contribution in [0.3, 0.4) is 0 Å². The van der Waals surface area contributed by atoms with Crippen LogP contribution in [0.15, 0.2) is 18.7 Å². The molecular weight excluding hydrogens is 198 g/mol. The van der Waals surface area contributed by atoms with Crippen LogP contribution in [0.4, 0.5) is 0 Å². The summed E-state index contributed by atoms with van der Waals surface area (Å²) in [5, 5.41) is 0. The van der Waals surface area contributed by atoms with Crippen LogP contribution in [0.25, 0.3) is 0 Å². The molecule has 2 rings (SSSR count). The van der Waals surface area contributed by atoms with E-state index in [4.69, 9.17) is 5.73 Å². The summed E-state index contributed by atoms with van der Waals surface area (Å²) in [6.07, 6.45) is 9.35. The lowest BCUT2D eigenvalue weighted by atomic mass is 9.69. The van der Waals surface area contributed by atoms with Gasteiger partial charge >= 0.3 is 0 Å². The normalized spacial score (nSPS) is 31.6. The molecule has 0 saturated heterocycles. The minimum Gasteiger partial charge on any atom is -0.333 e. The van der Waals surface area contributed by atoms with E-state index in [-0.39, 0.29) is 6.04 Å². The Hall–Kier alpha value is -0.830. The van der Waals surface area contributed by atoms with Gasteiger partial charge in [-0.05, 0) is 30.6 Å². The maximum Gasteiger partial charge on any atom is 0.0949 e. The molecule has 1 aliphatic carbocycles. The van der Waals surface area contributed by atoms with Crippen LogP contribution in [0.5, 0.6) is 0 Å². The summed E-state index contributed by atoms with van der Waals surface area (Å²) in [6, 6.07) is 0.716. The lowest BCUT2D eigenvalue weighted by Crippen LogP contribution is -2.40. The standard InChI is InChI=1S/C13H23N3/c1-13(2,3)10-4-5-11(14)12(8-10)16-7-6-15-9-16/h6-7,9-12H,4-5,8,14H2,1-3H3. The lowest BCUT2D eigenvalue weighted by Gasteiger charge is -2.41. The molecule has 0 aromatic carbocycles. The topological polar surface area (TPSA) is 43.8 Å². The quantitative estimate of drug-likeness (QED) is 0.792. The summed E-state index contributed by atoms with van der Waals surface area (Å²) in [7, 11) is 0. The van der Waals surface area contributed by atoms with Gasteiger partial charge < -0.3 is 10.3 Å². The van der Waals surface area contributed by atoms with Gasteiger partial charge in [0.1, 0.15) is 0 Å². The fraction of sp³-hybridized carbons (Fsp3) is 0.769. The molecule has 1 heterocycles. The summed E-state index contributed by atoms with van der Waals surface area (Å²) in [5.74, 6) is 0.764. The van der Waals surface area contributed by atoms with Gasteiger partial charge in [-0.25, -0.2) is 4.98 Å². The third kappa shape index (κ3) is 2.29. The molecular formula is C13H23N3. The second-order valence-corrected chi connectivity index (χ2v) is 6.12. The Kier molecular flexibility index (Phi) is 3.06. The highest BCUT2D eigenvalue weighted by molar-refractivity contribution is 4.93. The molecule has 1 saturated carbocycles. The van der Waals surface area contributed by atoms with Crippen LogP contribution >= 0.6 is 0 Å². The maximum atomic E-state index is 6.23. The first-order valence-corrected chi connectivity index (χ1v) is 6.21. The van der Waals surface area contributed by atoms with Crippen molar-refractivity contribution in [3.63, 3.8) is 0 Å². The van der Waals surface area contributed by atoms with E-state index in [0.717, 1.165) is 12.3 Å². The van der Waals surface area contributed by atoms with E-state index in [1.54, 1.807) is 0 Å². The Balaban J connectivity index is 2.13. The van der Waals surface area contributed by atoms with Crippen molar-refractivity contribution in [1.82, 2.24) is 9.55 Å². The van der Waals surface area contributed by atoms with Crippen molar-refractivity contribution in [2.24, 2.45) is 17.1 Å². The molecule has 3 heteroatoms. The summed E-state index contributed by atoms with van der Waals surface area (Å²) in [5.41, 5.74) is 6.61. The van der Waals surface area contributed by atoms with Gasteiger partial charge in [-0.3, -0.25) is 0 Å². The van der Waals surface area contributed by atoms with E-state index in [0.29, 0.717) is 11.5 Å². The highest BCUT2D eigenvalue weighted by Gasteiger charge is 2.34. The van der Waals surface area contributed by atoms with Gasteiger partial charge in [0, 0.05) is 24.5 Å². The van der Waals surface area contributed by atoms with Gasteiger partial charge in [0.2, 0.25) is 0 Å². The predicted molar refractivity (Wildman–Crippen MR) is 66.0 cm³/mol. The number of imidazole rings is 1. The van der Waals surface area contributed by atoms with Crippen molar-refractivity contribution < 1.29 is 0 Å². The van der Waals surface area contributed by atoms with E-state index >= 15 is 0 Å². The van der Waals surface area contributed by atoms with E-state index < -0.39 is 0 Å². The second-order valence-electron chi connectivity index (χ2n) is 6.12. The van der Waals surface area contributed by atoms with Crippen LogP contribution in [0.1, 0.15) is 46.1 Å². The molecule has 1 aliphatic rings. The zero-order valence-corrected chi connectivity index (χ0v) is 10.6. The molecule has 0 amide bonds. The van der Waals surface area contributed by atoms with E-state index in [1.807, 2.05) is 18.7 Å². The highest BCUT2D eigenvalue weighted by Crippen LogP contribution is 2.41. The predicted octanol–water partition coefficient (Wildman–Crippen LogP) is 2.60. The Morgan fingerprint density at radius 3 is 2.62 bits per heavy atom. The van der Waals surface area contributed by atoms with Gasteiger partial charge in [0.25, 0.3) is 0 Å². The third-order valence-electron chi connectivity index (χ3n) is 4.00. The molecule has 1 fully saturated rings. The molecule has 0 aliphatic heterocycles. The number of nitrogens with zero attached hydrogens (tertiary/aromatic N) is 2. The van der Waals surface area contributed by atoms with E-state index in [2.05, 4.69) is 30.3 Å². The average Bonchev–Trinajstić information content (AvgIpc) is 2.69. The first-order chi connectivity index (χ1) is 7.48. The third-order valence-corrected chi connectivity index (χ3v) is 4.00. The van der Waals surface area contributed by atoms with Crippen LogP contribution in [-0.2, 0) is 0 Å². The van der Waals surface area contributed by atoms with Crippen molar-refractivity contribution in [2.75, 3.05) is 0 Å². The van der Waals surface area contributed by atoms with Crippen LogP contribution in [0.2, 0.25) is 0 Å². The maximum absolute atomic E-state index is 6.23. The molecule has 1 aromatic heterocycles.